The Balaban J connectivity index is 2.89. The van der Waals surface area contributed by atoms with Crippen molar-refractivity contribution in [1.82, 2.24) is 0 Å². The lowest BCUT2D eigenvalue weighted by molar-refractivity contribution is -0.165. The molecule has 0 radical (unpaired) electrons. The van der Waals surface area contributed by atoms with Gasteiger partial charge in [0.05, 0.1) is 0 Å². The number of allylic oxidation sites excluding steroid dienone is 1. The summed E-state index contributed by atoms with van der Waals surface area (Å²) in [6.45, 7) is 0. The summed E-state index contributed by atoms with van der Waals surface area (Å²) in [4.78, 5) is 0. The Bertz CT molecular complexity index is 171. The predicted molar refractivity (Wildman–Crippen MR) is 33.3 cm³/mol. The van der Waals surface area contributed by atoms with E-state index in [1.165, 1.54) is 0 Å². The zero-order valence-corrected chi connectivity index (χ0v) is 5.41. The number of hydrogen-bond acceptors (Lipinski definition) is 4. The van der Waals surface area contributed by atoms with Gasteiger partial charge in [-0.2, -0.15) is 0 Å². The predicted octanol–water partition coefficient (Wildman–Crippen LogP) is 0.179. The molecule has 58 valence electrons. The number of rotatable bonds is 0. The molecular weight excluding hydrogens is 136 g/mol. The van der Waals surface area contributed by atoms with Crippen LogP contribution in [0.5, 0.6) is 0 Å². The van der Waals surface area contributed by atoms with Crippen LogP contribution >= 0.6 is 0 Å². The van der Waals surface area contributed by atoms with Gasteiger partial charge in [0, 0.05) is 12.8 Å². The average Bonchev–Trinajstić information content (AvgIpc) is 1.83. The van der Waals surface area contributed by atoms with Gasteiger partial charge in [0.25, 0.3) is 0 Å². The highest BCUT2D eigenvalue weighted by Gasteiger charge is 2.34. The quantitative estimate of drug-likeness (QED) is 0.367. The molecule has 10 heavy (non-hydrogen) atoms. The summed E-state index contributed by atoms with van der Waals surface area (Å²) in [6.07, 6.45) is 0.862. The van der Waals surface area contributed by atoms with Crippen molar-refractivity contribution in [3.8, 4) is 0 Å². The third-order valence-corrected chi connectivity index (χ3v) is 1.59. The van der Waals surface area contributed by atoms with Gasteiger partial charge in [-0.05, 0) is 6.42 Å². The lowest BCUT2D eigenvalue weighted by Crippen LogP contribution is -2.34. The molecule has 0 heterocycles. The van der Waals surface area contributed by atoms with E-state index in [0.29, 0.717) is 12.8 Å². The fraction of sp³-hybridized carbons (Fsp3) is 0.667. The zero-order chi connectivity index (χ0) is 7.78. The Morgan fingerprint density at radius 2 is 1.80 bits per heavy atom. The van der Waals surface area contributed by atoms with Gasteiger partial charge in [-0.25, -0.2) is 0 Å². The molecule has 0 amide bonds. The van der Waals surface area contributed by atoms with Crippen LogP contribution in [0.4, 0.5) is 0 Å². The Morgan fingerprint density at radius 1 is 1.20 bits per heavy atom. The monoisotopic (exact) mass is 146 g/mol. The Morgan fingerprint density at radius 3 is 2.20 bits per heavy atom. The van der Waals surface area contributed by atoms with E-state index in [-0.39, 0.29) is 12.2 Å². The van der Waals surface area contributed by atoms with Crippen molar-refractivity contribution >= 4 is 0 Å². The molecular formula is C6H10O4. The summed E-state index contributed by atoms with van der Waals surface area (Å²) in [5.74, 6) is -3.24. The molecule has 0 unspecified atom stereocenters. The number of aliphatic hydroxyl groups excluding tert-OH is 2. The molecule has 0 bridgehead atoms. The van der Waals surface area contributed by atoms with Crippen LogP contribution in [0.15, 0.2) is 11.5 Å². The average molecular weight is 146 g/mol. The van der Waals surface area contributed by atoms with Gasteiger partial charge in [0.15, 0.2) is 5.76 Å². The first-order chi connectivity index (χ1) is 4.54. The van der Waals surface area contributed by atoms with E-state index in [1.807, 2.05) is 0 Å². The molecule has 0 aliphatic heterocycles. The smallest absolute Gasteiger partial charge is 0.226 e. The minimum absolute atomic E-state index is 0.0723. The fourth-order valence-electron chi connectivity index (χ4n) is 0.970. The lowest BCUT2D eigenvalue weighted by atomic mass is 9.98. The third kappa shape index (κ3) is 1.08. The van der Waals surface area contributed by atoms with Crippen LogP contribution < -0.4 is 0 Å². The van der Waals surface area contributed by atoms with Gasteiger partial charge in [-0.3, -0.25) is 0 Å². The minimum atomic E-state index is -2.21. The number of hydrogen-bond donors (Lipinski definition) is 4. The molecule has 1 aliphatic rings. The van der Waals surface area contributed by atoms with Crippen molar-refractivity contribution in [2.24, 2.45) is 0 Å². The van der Waals surface area contributed by atoms with Crippen molar-refractivity contribution in [3.05, 3.63) is 11.5 Å². The first kappa shape index (κ1) is 7.37. The molecule has 0 aromatic heterocycles. The maximum atomic E-state index is 8.90. The van der Waals surface area contributed by atoms with Crippen molar-refractivity contribution in [2.75, 3.05) is 0 Å². The second kappa shape index (κ2) is 2.14. The molecule has 1 aliphatic carbocycles. The summed E-state index contributed by atoms with van der Waals surface area (Å²) >= 11 is 0. The first-order valence-electron chi connectivity index (χ1n) is 3.10. The molecule has 4 nitrogen and oxygen atoms in total. The highest BCUT2D eigenvalue weighted by atomic mass is 16.5. The normalized spacial score (nSPS) is 25.0. The molecule has 0 saturated carbocycles. The zero-order valence-electron chi connectivity index (χ0n) is 5.41. The van der Waals surface area contributed by atoms with E-state index in [1.54, 1.807) is 0 Å². The summed E-state index contributed by atoms with van der Waals surface area (Å²) in [7, 11) is 0. The third-order valence-electron chi connectivity index (χ3n) is 1.59. The van der Waals surface area contributed by atoms with Crippen LogP contribution in [0.1, 0.15) is 19.3 Å². The molecule has 0 aromatic rings. The Kier molecular flexibility index (Phi) is 1.58. The summed E-state index contributed by atoms with van der Waals surface area (Å²) in [5.41, 5.74) is 0. The van der Waals surface area contributed by atoms with E-state index in [9.17, 15) is 0 Å². The summed E-state index contributed by atoms with van der Waals surface area (Å²) in [6, 6.07) is 0. The maximum absolute atomic E-state index is 8.90. The minimum Gasteiger partial charge on any atom is -0.509 e. The van der Waals surface area contributed by atoms with Crippen LogP contribution in [0.25, 0.3) is 0 Å². The molecule has 0 aromatic carbocycles. The largest absolute Gasteiger partial charge is 0.509 e. The van der Waals surface area contributed by atoms with Crippen molar-refractivity contribution < 1.29 is 20.4 Å². The summed E-state index contributed by atoms with van der Waals surface area (Å²) in [5, 5.41) is 35.5. The van der Waals surface area contributed by atoms with E-state index in [2.05, 4.69) is 0 Å². The van der Waals surface area contributed by atoms with Gasteiger partial charge in [0.2, 0.25) is 5.79 Å². The van der Waals surface area contributed by atoms with Crippen LogP contribution in [-0.4, -0.2) is 26.2 Å². The SMILES string of the molecule is OC1=C(O)C(O)(O)CCC1. The van der Waals surface area contributed by atoms with Gasteiger partial charge >= 0.3 is 0 Å². The molecule has 4 N–H and O–H groups in total. The second-order valence-electron chi connectivity index (χ2n) is 2.47. The molecule has 4 heteroatoms. The van der Waals surface area contributed by atoms with Gasteiger partial charge in [-0.1, -0.05) is 0 Å². The van der Waals surface area contributed by atoms with Gasteiger partial charge < -0.3 is 20.4 Å². The molecule has 0 fully saturated rings. The highest BCUT2D eigenvalue weighted by molar-refractivity contribution is 5.11. The van der Waals surface area contributed by atoms with E-state index >= 15 is 0 Å². The van der Waals surface area contributed by atoms with E-state index in [4.69, 9.17) is 20.4 Å². The second-order valence-corrected chi connectivity index (χ2v) is 2.47. The molecule has 0 spiro atoms. The lowest BCUT2D eigenvalue weighted by Gasteiger charge is -2.25. The van der Waals surface area contributed by atoms with Crippen molar-refractivity contribution in [2.45, 2.75) is 25.0 Å². The standard InChI is InChI=1S/C6H10O4/c7-4-2-1-3-6(9,10)5(4)8/h7-10H,1-3H2. The van der Waals surface area contributed by atoms with Crippen LogP contribution in [0, 0.1) is 0 Å². The topological polar surface area (TPSA) is 80.9 Å². The molecule has 0 atom stereocenters. The molecule has 0 saturated heterocycles. The van der Waals surface area contributed by atoms with E-state index < -0.39 is 11.5 Å². The number of aliphatic hydroxyl groups is 4. The highest BCUT2D eigenvalue weighted by Crippen LogP contribution is 2.28. The Labute approximate surface area is 58.0 Å². The molecule has 1 rings (SSSR count). The van der Waals surface area contributed by atoms with E-state index in [0.717, 1.165) is 0 Å². The first-order valence-corrected chi connectivity index (χ1v) is 3.10. The maximum Gasteiger partial charge on any atom is 0.226 e. The van der Waals surface area contributed by atoms with Crippen LogP contribution in [0.2, 0.25) is 0 Å². The van der Waals surface area contributed by atoms with Crippen LogP contribution in [0.3, 0.4) is 0 Å². The fourth-order valence-corrected chi connectivity index (χ4v) is 0.970. The van der Waals surface area contributed by atoms with Gasteiger partial charge in [0.1, 0.15) is 5.76 Å². The Hall–Kier alpha value is -0.740. The van der Waals surface area contributed by atoms with Crippen molar-refractivity contribution in [1.29, 1.82) is 0 Å². The van der Waals surface area contributed by atoms with Crippen molar-refractivity contribution in [3.63, 3.8) is 0 Å². The summed E-state index contributed by atoms with van der Waals surface area (Å²) < 4.78 is 0. The van der Waals surface area contributed by atoms with Crippen LogP contribution in [-0.2, 0) is 0 Å². The van der Waals surface area contributed by atoms with Gasteiger partial charge in [-0.15, -0.1) is 0 Å².